The highest BCUT2D eigenvalue weighted by Gasteiger charge is 2.34. The van der Waals surface area contributed by atoms with E-state index >= 15 is 0 Å². The van der Waals surface area contributed by atoms with Gasteiger partial charge in [0.1, 0.15) is 5.78 Å². The van der Waals surface area contributed by atoms with Gasteiger partial charge in [-0.3, -0.25) is 38.4 Å². The Morgan fingerprint density at radius 1 is 0.414 bits per heavy atom. The molecule has 0 rings (SSSR count). The number of hydrogen-bond acceptors (Lipinski definition) is 12. The number of ketones is 2. The summed E-state index contributed by atoms with van der Waals surface area (Å²) in [6, 6.07) is -1.34. The van der Waals surface area contributed by atoms with Gasteiger partial charge in [-0.1, -0.05) is 72.6 Å². The van der Waals surface area contributed by atoms with E-state index in [1.165, 1.54) is 4.90 Å². The summed E-state index contributed by atoms with van der Waals surface area (Å²) in [6.45, 7) is 14.4. The van der Waals surface area contributed by atoms with Crippen molar-refractivity contribution in [1.82, 2.24) is 50.7 Å². The second kappa shape index (κ2) is 39.6. The van der Waals surface area contributed by atoms with Crippen molar-refractivity contribution >= 4 is 47.0 Å². The normalized spacial score (nSPS) is 13.2. The Bertz CT molecular complexity index is 1530. The van der Waals surface area contributed by atoms with Crippen LogP contribution in [0, 0.1) is 17.8 Å². The van der Waals surface area contributed by atoms with Gasteiger partial charge < -0.3 is 50.7 Å². The minimum Gasteiger partial charge on any atom is -0.356 e. The summed E-state index contributed by atoms with van der Waals surface area (Å²) in [5.74, 6) is -6.38. The standard InChI is InChI=1S/C52H100N10O8/c1-13-17-20-22-25-53-47(65)40-45(56-48(66)38-41(16-4)50(68)55-26-23-21-18-14-2)46(64)37-43(52(70)62(12)34-32-60(10)30-28-58(7)8)36-44(63)35-42(51(69)54-24-19-15-3)39-49(67)61(11)33-31-59(9)29-27-57(5)6/h41-43,45H,13-40H2,1-12H3,(H,53,65)(H,54,69)(H,55,68)(H,56,66). The maximum Gasteiger partial charge on any atom is 0.226 e. The summed E-state index contributed by atoms with van der Waals surface area (Å²) in [5, 5.41) is 11.4. The molecule has 0 bridgehead atoms. The van der Waals surface area contributed by atoms with Crippen molar-refractivity contribution in [3.63, 3.8) is 0 Å². The summed E-state index contributed by atoms with van der Waals surface area (Å²) in [5.41, 5.74) is 0. The molecule has 0 saturated heterocycles. The predicted octanol–water partition coefficient (Wildman–Crippen LogP) is 3.42. The molecule has 18 nitrogen and oxygen atoms in total. The number of Topliss-reactive ketones (excluding diaryl/α,β-unsaturated/α-hetero) is 2. The van der Waals surface area contributed by atoms with Crippen molar-refractivity contribution in [3.05, 3.63) is 0 Å². The Morgan fingerprint density at radius 2 is 0.886 bits per heavy atom. The molecule has 0 aromatic heterocycles. The number of likely N-dealkylation sites (N-methyl/N-ethyl adjacent to an activating group) is 6. The first-order chi connectivity index (χ1) is 33.2. The lowest BCUT2D eigenvalue weighted by Crippen LogP contribution is -2.47. The van der Waals surface area contributed by atoms with Gasteiger partial charge in [-0.05, 0) is 68.0 Å². The highest BCUT2D eigenvalue weighted by atomic mass is 16.2. The molecule has 0 aromatic carbocycles. The van der Waals surface area contributed by atoms with Gasteiger partial charge in [0.25, 0.3) is 0 Å². The molecule has 0 fully saturated rings. The van der Waals surface area contributed by atoms with Crippen LogP contribution in [0.3, 0.4) is 0 Å². The molecule has 0 radical (unpaired) electrons. The number of carbonyl (C=O) groups excluding carboxylic acids is 8. The summed E-state index contributed by atoms with van der Waals surface area (Å²) in [7, 11) is 15.2. The van der Waals surface area contributed by atoms with Crippen LogP contribution in [-0.2, 0) is 38.4 Å². The SMILES string of the molecule is CCCCCCNC(=O)CC(NC(=O)CC(CC)C(=O)NCCCCCC)C(=O)CC(CC(=O)CC(CC(=O)N(C)CCN(C)CCN(C)C)C(=O)NCCCC)C(=O)N(C)CCN(C)CCN(C)C. The third-order valence-corrected chi connectivity index (χ3v) is 12.8. The molecule has 4 unspecified atom stereocenters. The summed E-state index contributed by atoms with van der Waals surface area (Å²) < 4.78 is 0. The molecule has 0 aromatic rings. The van der Waals surface area contributed by atoms with Gasteiger partial charge in [0.05, 0.1) is 24.3 Å². The summed E-state index contributed by atoms with van der Waals surface area (Å²) in [6.07, 6.45) is 7.60. The fourth-order valence-corrected chi connectivity index (χ4v) is 7.66. The van der Waals surface area contributed by atoms with E-state index < -0.39 is 71.8 Å². The smallest absolute Gasteiger partial charge is 0.226 e. The Kier molecular flexibility index (Phi) is 37.3. The molecule has 6 amide bonds. The lowest BCUT2D eigenvalue weighted by Gasteiger charge is -2.28. The molecule has 0 aliphatic heterocycles. The zero-order chi connectivity index (χ0) is 53.0. The van der Waals surface area contributed by atoms with Crippen LogP contribution in [0.5, 0.6) is 0 Å². The molecule has 0 heterocycles. The maximum absolute atomic E-state index is 14.5. The molecule has 0 aliphatic rings. The number of unbranched alkanes of at least 4 members (excludes halogenated alkanes) is 7. The van der Waals surface area contributed by atoms with Crippen LogP contribution in [0.2, 0.25) is 0 Å². The Balaban J connectivity index is 6.69. The molecule has 0 aliphatic carbocycles. The minimum atomic E-state index is -1.34. The molecule has 18 heteroatoms. The van der Waals surface area contributed by atoms with Crippen molar-refractivity contribution < 1.29 is 38.4 Å². The quantitative estimate of drug-likeness (QED) is 0.0650. The average Bonchev–Trinajstić information content (AvgIpc) is 3.31. The lowest BCUT2D eigenvalue weighted by molar-refractivity contribution is -0.141. The molecule has 4 N–H and O–H groups in total. The van der Waals surface area contributed by atoms with Crippen molar-refractivity contribution in [1.29, 1.82) is 0 Å². The molecule has 0 spiro atoms. The van der Waals surface area contributed by atoms with Gasteiger partial charge in [-0.25, -0.2) is 0 Å². The molecular formula is C52H100N10O8. The van der Waals surface area contributed by atoms with Gasteiger partial charge in [0.2, 0.25) is 35.4 Å². The predicted molar refractivity (Wildman–Crippen MR) is 280 cm³/mol. The van der Waals surface area contributed by atoms with Crippen LogP contribution < -0.4 is 21.3 Å². The molecule has 0 saturated carbocycles. The van der Waals surface area contributed by atoms with Gasteiger partial charge in [0.15, 0.2) is 5.78 Å². The first kappa shape index (κ1) is 66.0. The minimum absolute atomic E-state index is 0.201. The number of hydrogen-bond donors (Lipinski definition) is 4. The van der Waals surface area contributed by atoms with Crippen molar-refractivity contribution in [2.75, 3.05) is 128 Å². The molecule has 70 heavy (non-hydrogen) atoms. The lowest BCUT2D eigenvalue weighted by atomic mass is 9.87. The monoisotopic (exact) mass is 993 g/mol. The third-order valence-electron chi connectivity index (χ3n) is 12.8. The summed E-state index contributed by atoms with van der Waals surface area (Å²) in [4.78, 5) is 122. The number of rotatable bonds is 43. The Hall–Kier alpha value is -4.00. The van der Waals surface area contributed by atoms with Crippen molar-refractivity contribution in [2.24, 2.45) is 17.8 Å². The van der Waals surface area contributed by atoms with E-state index in [9.17, 15) is 38.4 Å². The van der Waals surface area contributed by atoms with Crippen molar-refractivity contribution in [2.45, 2.75) is 143 Å². The largest absolute Gasteiger partial charge is 0.356 e. The van der Waals surface area contributed by atoms with E-state index in [1.54, 1.807) is 19.0 Å². The van der Waals surface area contributed by atoms with Crippen LogP contribution in [0.15, 0.2) is 0 Å². The number of carbonyl (C=O) groups is 8. The molecular weight excluding hydrogens is 893 g/mol. The topological polar surface area (TPSA) is 204 Å². The van der Waals surface area contributed by atoms with Crippen LogP contribution in [0.1, 0.15) is 137 Å². The van der Waals surface area contributed by atoms with Crippen LogP contribution >= 0.6 is 0 Å². The zero-order valence-corrected chi connectivity index (χ0v) is 46.1. The Labute approximate surface area is 423 Å². The first-order valence-corrected chi connectivity index (χ1v) is 26.5. The van der Waals surface area contributed by atoms with Crippen LogP contribution in [-0.4, -0.2) is 211 Å². The van der Waals surface area contributed by atoms with E-state index in [4.69, 9.17) is 0 Å². The van der Waals surface area contributed by atoms with Crippen LogP contribution in [0.25, 0.3) is 0 Å². The number of nitrogens with zero attached hydrogens (tertiary/aromatic N) is 6. The average molecular weight is 993 g/mol. The van der Waals surface area contributed by atoms with Gasteiger partial charge in [-0.15, -0.1) is 0 Å². The van der Waals surface area contributed by atoms with E-state index in [0.29, 0.717) is 52.2 Å². The third kappa shape index (κ3) is 32.1. The molecule has 4 atom stereocenters. The van der Waals surface area contributed by atoms with Crippen molar-refractivity contribution in [3.8, 4) is 0 Å². The molecule has 406 valence electrons. The second-order valence-electron chi connectivity index (χ2n) is 20.0. The van der Waals surface area contributed by atoms with E-state index in [0.717, 1.165) is 90.4 Å². The van der Waals surface area contributed by atoms with Crippen LogP contribution in [0.4, 0.5) is 0 Å². The van der Waals surface area contributed by atoms with E-state index in [-0.39, 0.29) is 37.5 Å². The fourth-order valence-electron chi connectivity index (χ4n) is 7.66. The first-order valence-electron chi connectivity index (χ1n) is 26.5. The van der Waals surface area contributed by atoms with Gasteiger partial charge in [-0.2, -0.15) is 0 Å². The summed E-state index contributed by atoms with van der Waals surface area (Å²) >= 11 is 0. The Morgan fingerprint density at radius 3 is 1.40 bits per heavy atom. The highest BCUT2D eigenvalue weighted by Crippen LogP contribution is 2.21. The van der Waals surface area contributed by atoms with Gasteiger partial charge in [0, 0.05) is 124 Å². The second-order valence-corrected chi connectivity index (χ2v) is 20.0. The maximum atomic E-state index is 14.5. The number of amides is 6. The fraction of sp³-hybridized carbons (Fsp3) is 0.846. The van der Waals surface area contributed by atoms with Gasteiger partial charge >= 0.3 is 0 Å². The van der Waals surface area contributed by atoms with E-state index in [2.05, 4.69) is 54.7 Å². The zero-order valence-electron chi connectivity index (χ0n) is 46.1. The highest BCUT2D eigenvalue weighted by molar-refractivity contribution is 5.98. The number of nitrogens with one attached hydrogen (secondary N) is 4. The van der Waals surface area contributed by atoms with E-state index in [1.807, 2.05) is 56.1 Å².